The van der Waals surface area contributed by atoms with E-state index in [1.165, 1.54) is 0 Å². The molecule has 1 fully saturated rings. The average molecular weight is 229 g/mol. The first-order valence-electron chi connectivity index (χ1n) is 5.83. The van der Waals surface area contributed by atoms with E-state index in [2.05, 4.69) is 14.9 Å². The molecule has 1 saturated heterocycles. The molecule has 0 bridgehead atoms. The third kappa shape index (κ3) is 1.85. The first-order chi connectivity index (χ1) is 8.16. The minimum Gasteiger partial charge on any atom is -0.388 e. The Morgan fingerprint density at radius 2 is 2.12 bits per heavy atom. The minimum atomic E-state index is -0.605. The normalized spacial score (nSPS) is 24.5. The highest BCUT2D eigenvalue weighted by atomic mass is 16.3. The topological polar surface area (TPSA) is 49.2 Å². The van der Waals surface area contributed by atoms with Gasteiger partial charge in [-0.05, 0) is 25.5 Å². The van der Waals surface area contributed by atoms with Crippen LogP contribution in [-0.2, 0) is 0 Å². The summed E-state index contributed by atoms with van der Waals surface area (Å²) >= 11 is 0. The second-order valence-corrected chi connectivity index (χ2v) is 4.88. The predicted molar refractivity (Wildman–Crippen MR) is 67.0 cm³/mol. The van der Waals surface area contributed by atoms with Gasteiger partial charge in [-0.25, -0.2) is 9.97 Å². The van der Waals surface area contributed by atoms with Crippen LogP contribution in [0.1, 0.15) is 13.3 Å². The van der Waals surface area contributed by atoms with Gasteiger partial charge < -0.3 is 10.0 Å². The summed E-state index contributed by atoms with van der Waals surface area (Å²) in [5, 5.41) is 11.1. The number of hydrogen-bond donors (Lipinski definition) is 1. The van der Waals surface area contributed by atoms with Crippen molar-refractivity contribution >= 4 is 16.7 Å². The van der Waals surface area contributed by atoms with Gasteiger partial charge in [-0.3, -0.25) is 0 Å². The van der Waals surface area contributed by atoms with Gasteiger partial charge in [-0.15, -0.1) is 0 Å². The van der Waals surface area contributed by atoms with Crippen LogP contribution < -0.4 is 4.90 Å². The smallest absolute Gasteiger partial charge is 0.139 e. The quantitative estimate of drug-likeness (QED) is 0.806. The molecular formula is C13H15N3O. The molecular weight excluding hydrogens is 214 g/mol. The summed E-state index contributed by atoms with van der Waals surface area (Å²) < 4.78 is 0. The Labute approximate surface area is 99.9 Å². The molecule has 0 spiro atoms. The van der Waals surface area contributed by atoms with Gasteiger partial charge in [0.05, 0.1) is 11.1 Å². The van der Waals surface area contributed by atoms with E-state index < -0.39 is 5.60 Å². The summed E-state index contributed by atoms with van der Waals surface area (Å²) in [4.78, 5) is 10.7. The lowest BCUT2D eigenvalue weighted by Crippen LogP contribution is -2.30. The third-order valence-electron chi connectivity index (χ3n) is 3.27. The van der Waals surface area contributed by atoms with Gasteiger partial charge in [0.2, 0.25) is 0 Å². The van der Waals surface area contributed by atoms with E-state index >= 15 is 0 Å². The monoisotopic (exact) mass is 229 g/mol. The standard InChI is InChI=1S/C13H15N3O/c1-13(17)6-7-16(8-13)12-10-4-2-3-5-11(10)14-9-15-12/h2-5,9,17H,6-8H2,1H3. The van der Waals surface area contributed by atoms with E-state index in [1.807, 2.05) is 31.2 Å². The number of nitrogens with zero attached hydrogens (tertiary/aromatic N) is 3. The molecule has 0 amide bonds. The van der Waals surface area contributed by atoms with Crippen LogP contribution in [-0.4, -0.2) is 33.8 Å². The molecule has 1 aromatic carbocycles. The maximum Gasteiger partial charge on any atom is 0.139 e. The highest BCUT2D eigenvalue weighted by Crippen LogP contribution is 2.29. The third-order valence-corrected chi connectivity index (χ3v) is 3.27. The Morgan fingerprint density at radius 1 is 1.29 bits per heavy atom. The minimum absolute atomic E-state index is 0.605. The van der Waals surface area contributed by atoms with Gasteiger partial charge in [0.25, 0.3) is 0 Å². The number of para-hydroxylation sites is 1. The van der Waals surface area contributed by atoms with Gasteiger partial charge >= 0.3 is 0 Å². The Balaban J connectivity index is 2.06. The molecule has 4 heteroatoms. The number of benzene rings is 1. The van der Waals surface area contributed by atoms with Crippen LogP contribution >= 0.6 is 0 Å². The molecule has 88 valence electrons. The molecule has 4 nitrogen and oxygen atoms in total. The molecule has 0 saturated carbocycles. The van der Waals surface area contributed by atoms with Crippen LogP contribution in [0.3, 0.4) is 0 Å². The van der Waals surface area contributed by atoms with Crippen molar-refractivity contribution < 1.29 is 5.11 Å². The lowest BCUT2D eigenvalue weighted by Gasteiger charge is -2.20. The van der Waals surface area contributed by atoms with E-state index in [4.69, 9.17) is 0 Å². The van der Waals surface area contributed by atoms with Crippen molar-refractivity contribution in [1.82, 2.24) is 9.97 Å². The molecule has 2 aromatic rings. The first kappa shape index (κ1) is 10.5. The molecule has 0 radical (unpaired) electrons. The van der Waals surface area contributed by atoms with Gasteiger partial charge in [-0.2, -0.15) is 0 Å². The molecule has 1 aromatic heterocycles. The van der Waals surface area contributed by atoms with E-state index in [1.54, 1.807) is 6.33 Å². The maximum absolute atomic E-state index is 10.0. The molecule has 17 heavy (non-hydrogen) atoms. The molecule has 1 aliphatic rings. The summed E-state index contributed by atoms with van der Waals surface area (Å²) in [7, 11) is 0. The van der Waals surface area contributed by atoms with Crippen molar-refractivity contribution in [1.29, 1.82) is 0 Å². The summed E-state index contributed by atoms with van der Waals surface area (Å²) in [5.74, 6) is 0.924. The van der Waals surface area contributed by atoms with Crippen LogP contribution in [0.5, 0.6) is 0 Å². The molecule has 1 N–H and O–H groups in total. The molecule has 0 aliphatic carbocycles. The zero-order chi connectivity index (χ0) is 11.9. The van der Waals surface area contributed by atoms with Crippen molar-refractivity contribution in [2.75, 3.05) is 18.0 Å². The van der Waals surface area contributed by atoms with Crippen LogP contribution in [0.4, 0.5) is 5.82 Å². The number of aromatic nitrogens is 2. The van der Waals surface area contributed by atoms with Crippen LogP contribution in [0, 0.1) is 0 Å². The average Bonchev–Trinajstić information content (AvgIpc) is 2.69. The Morgan fingerprint density at radius 3 is 2.88 bits per heavy atom. The fourth-order valence-electron chi connectivity index (χ4n) is 2.37. The summed E-state index contributed by atoms with van der Waals surface area (Å²) in [6.07, 6.45) is 2.37. The lowest BCUT2D eigenvalue weighted by atomic mass is 10.1. The fraction of sp³-hybridized carbons (Fsp3) is 0.385. The second-order valence-electron chi connectivity index (χ2n) is 4.88. The number of aliphatic hydroxyl groups is 1. The van der Waals surface area contributed by atoms with E-state index in [9.17, 15) is 5.11 Å². The number of fused-ring (bicyclic) bond motifs is 1. The van der Waals surface area contributed by atoms with E-state index in [-0.39, 0.29) is 0 Å². The second kappa shape index (κ2) is 3.67. The molecule has 3 rings (SSSR count). The van der Waals surface area contributed by atoms with Crippen molar-refractivity contribution in [3.63, 3.8) is 0 Å². The van der Waals surface area contributed by atoms with Crippen LogP contribution in [0.15, 0.2) is 30.6 Å². The molecule has 2 heterocycles. The Bertz CT molecular complexity index is 548. The Hall–Kier alpha value is -1.68. The SMILES string of the molecule is CC1(O)CCN(c2ncnc3ccccc23)C1. The highest BCUT2D eigenvalue weighted by Gasteiger charge is 2.32. The fourth-order valence-corrected chi connectivity index (χ4v) is 2.37. The van der Waals surface area contributed by atoms with Gasteiger partial charge in [0.15, 0.2) is 0 Å². The largest absolute Gasteiger partial charge is 0.388 e. The number of rotatable bonds is 1. The van der Waals surface area contributed by atoms with Gasteiger partial charge in [0.1, 0.15) is 12.1 Å². The van der Waals surface area contributed by atoms with Crippen molar-refractivity contribution in [3.05, 3.63) is 30.6 Å². The molecule has 1 unspecified atom stereocenters. The van der Waals surface area contributed by atoms with Gasteiger partial charge in [-0.1, -0.05) is 12.1 Å². The highest BCUT2D eigenvalue weighted by molar-refractivity contribution is 5.89. The van der Waals surface area contributed by atoms with Crippen molar-refractivity contribution in [3.8, 4) is 0 Å². The number of anilines is 1. The van der Waals surface area contributed by atoms with E-state index in [0.717, 1.165) is 29.7 Å². The predicted octanol–water partition coefficient (Wildman–Crippen LogP) is 1.59. The van der Waals surface area contributed by atoms with Crippen LogP contribution in [0.25, 0.3) is 10.9 Å². The van der Waals surface area contributed by atoms with Crippen LogP contribution in [0.2, 0.25) is 0 Å². The maximum atomic E-state index is 10.0. The zero-order valence-corrected chi connectivity index (χ0v) is 9.80. The Kier molecular flexibility index (Phi) is 2.26. The van der Waals surface area contributed by atoms with Gasteiger partial charge in [0, 0.05) is 18.5 Å². The van der Waals surface area contributed by atoms with Crippen molar-refractivity contribution in [2.45, 2.75) is 18.9 Å². The summed E-state index contributed by atoms with van der Waals surface area (Å²) in [6, 6.07) is 7.97. The molecule has 1 aliphatic heterocycles. The zero-order valence-electron chi connectivity index (χ0n) is 9.80. The van der Waals surface area contributed by atoms with Crippen molar-refractivity contribution in [2.24, 2.45) is 0 Å². The number of β-amino-alcohol motifs (C(OH)–C–C–N with tert-alkyl or cyclic N) is 1. The first-order valence-corrected chi connectivity index (χ1v) is 5.83. The molecule has 1 atom stereocenters. The van der Waals surface area contributed by atoms with E-state index in [0.29, 0.717) is 6.54 Å². The number of hydrogen-bond acceptors (Lipinski definition) is 4. The summed E-state index contributed by atoms with van der Waals surface area (Å²) in [5.41, 5.74) is 0.343. The summed E-state index contributed by atoms with van der Waals surface area (Å²) in [6.45, 7) is 3.35. The lowest BCUT2D eigenvalue weighted by molar-refractivity contribution is 0.0839.